The van der Waals surface area contributed by atoms with Crippen LogP contribution in [0.3, 0.4) is 0 Å². The van der Waals surface area contributed by atoms with Crippen LogP contribution in [0.15, 0.2) is 48.5 Å². The molecule has 1 aliphatic carbocycles. The van der Waals surface area contributed by atoms with Crippen LogP contribution < -0.4 is 10.6 Å². The fourth-order valence-corrected chi connectivity index (χ4v) is 4.28. The average molecular weight is 469 g/mol. The number of carbonyl (C=O) groups excluding carboxylic acids is 2. The van der Waals surface area contributed by atoms with Gasteiger partial charge in [-0.05, 0) is 35.1 Å². The van der Waals surface area contributed by atoms with Crippen LogP contribution in [0, 0.1) is 5.92 Å². The number of fused-ring (bicyclic) bond motifs is 3. The van der Waals surface area contributed by atoms with E-state index in [4.69, 9.17) is 14.6 Å². The number of hydrogen-bond donors (Lipinski definition) is 3. The van der Waals surface area contributed by atoms with Crippen LogP contribution in [0.2, 0.25) is 0 Å². The van der Waals surface area contributed by atoms with Gasteiger partial charge in [0.25, 0.3) is 0 Å². The monoisotopic (exact) mass is 468 g/mol. The van der Waals surface area contributed by atoms with E-state index in [1.54, 1.807) is 0 Å². The first-order valence-electron chi connectivity index (χ1n) is 11.3. The van der Waals surface area contributed by atoms with Gasteiger partial charge in [-0.3, -0.25) is 9.59 Å². The number of rotatable bonds is 10. The third kappa shape index (κ3) is 5.56. The van der Waals surface area contributed by atoms with E-state index in [-0.39, 0.29) is 31.5 Å². The SMILES string of the molecule is COCC(C)(NC(=O)OCC1c2ccccc2-c2ccccc21)C(=O)NC(CC(=O)O)C(C)C. The van der Waals surface area contributed by atoms with Gasteiger partial charge in [0.1, 0.15) is 12.1 Å². The Morgan fingerprint density at radius 1 is 1.03 bits per heavy atom. The zero-order valence-electron chi connectivity index (χ0n) is 20.0. The van der Waals surface area contributed by atoms with Crippen molar-refractivity contribution in [2.75, 3.05) is 20.3 Å². The predicted octanol–water partition coefficient (Wildman–Crippen LogP) is 3.55. The number of ether oxygens (including phenoxy) is 2. The molecule has 2 aromatic carbocycles. The van der Waals surface area contributed by atoms with Gasteiger partial charge in [0.15, 0.2) is 0 Å². The minimum Gasteiger partial charge on any atom is -0.481 e. The molecule has 0 fully saturated rings. The number of carbonyl (C=O) groups is 3. The summed E-state index contributed by atoms with van der Waals surface area (Å²) in [5.74, 6) is -1.78. The van der Waals surface area contributed by atoms with Crippen molar-refractivity contribution in [3.63, 3.8) is 0 Å². The first-order chi connectivity index (χ1) is 16.2. The van der Waals surface area contributed by atoms with Crippen molar-refractivity contribution >= 4 is 18.0 Å². The fraction of sp³-hybridized carbons (Fsp3) is 0.423. The molecule has 0 heterocycles. The molecule has 0 spiro atoms. The topological polar surface area (TPSA) is 114 Å². The van der Waals surface area contributed by atoms with Crippen LogP contribution in [0.5, 0.6) is 0 Å². The molecule has 3 N–H and O–H groups in total. The highest BCUT2D eigenvalue weighted by molar-refractivity contribution is 5.90. The number of alkyl carbamates (subject to hydrolysis) is 1. The van der Waals surface area contributed by atoms with Crippen LogP contribution in [-0.4, -0.2) is 55.0 Å². The molecular weight excluding hydrogens is 436 g/mol. The highest BCUT2D eigenvalue weighted by Gasteiger charge is 2.38. The quantitative estimate of drug-likeness (QED) is 0.491. The largest absolute Gasteiger partial charge is 0.481 e. The standard InChI is InChI=1S/C26H32N2O6/c1-16(2)22(13-23(29)30)27-24(31)26(3,15-33-4)28-25(32)34-14-21-19-11-7-5-9-17(19)18-10-6-8-12-20(18)21/h5-12,16,21-22H,13-15H2,1-4H3,(H,27,31)(H,28,32)(H,29,30). The Morgan fingerprint density at radius 3 is 2.09 bits per heavy atom. The van der Waals surface area contributed by atoms with E-state index < -0.39 is 29.6 Å². The summed E-state index contributed by atoms with van der Waals surface area (Å²) in [5.41, 5.74) is 2.97. The molecule has 0 saturated heterocycles. The third-order valence-corrected chi connectivity index (χ3v) is 6.17. The minimum atomic E-state index is -1.44. The van der Waals surface area contributed by atoms with Gasteiger partial charge in [-0.25, -0.2) is 4.79 Å². The smallest absolute Gasteiger partial charge is 0.408 e. The van der Waals surface area contributed by atoms with Crippen LogP contribution >= 0.6 is 0 Å². The summed E-state index contributed by atoms with van der Waals surface area (Å²) in [5, 5.41) is 14.5. The summed E-state index contributed by atoms with van der Waals surface area (Å²) < 4.78 is 10.7. The lowest BCUT2D eigenvalue weighted by Gasteiger charge is -2.31. The Hall–Kier alpha value is -3.39. The molecule has 34 heavy (non-hydrogen) atoms. The number of aliphatic carboxylic acids is 1. The Balaban J connectivity index is 1.69. The van der Waals surface area contributed by atoms with Crippen molar-refractivity contribution in [3.05, 3.63) is 59.7 Å². The first-order valence-corrected chi connectivity index (χ1v) is 11.3. The van der Waals surface area contributed by atoms with Gasteiger partial charge >= 0.3 is 12.1 Å². The summed E-state index contributed by atoms with van der Waals surface area (Å²) in [7, 11) is 1.42. The molecule has 0 radical (unpaired) electrons. The van der Waals surface area contributed by atoms with E-state index in [1.807, 2.05) is 50.2 Å². The number of hydrogen-bond acceptors (Lipinski definition) is 5. The molecule has 8 heteroatoms. The molecule has 2 atom stereocenters. The van der Waals surface area contributed by atoms with E-state index in [1.165, 1.54) is 14.0 Å². The number of carboxylic acid groups (broad SMARTS) is 1. The predicted molar refractivity (Wildman–Crippen MR) is 128 cm³/mol. The molecule has 2 aromatic rings. The molecule has 1 aliphatic rings. The van der Waals surface area contributed by atoms with E-state index in [2.05, 4.69) is 22.8 Å². The van der Waals surface area contributed by atoms with Gasteiger partial charge in [-0.2, -0.15) is 0 Å². The second-order valence-electron chi connectivity index (χ2n) is 9.14. The summed E-state index contributed by atoms with van der Waals surface area (Å²) in [6.07, 6.45) is -0.979. The maximum Gasteiger partial charge on any atom is 0.408 e. The second kappa shape index (κ2) is 10.7. The number of carboxylic acids is 1. The molecule has 0 saturated carbocycles. The lowest BCUT2D eigenvalue weighted by Crippen LogP contribution is -2.61. The van der Waals surface area contributed by atoms with Crippen molar-refractivity contribution in [1.29, 1.82) is 0 Å². The Morgan fingerprint density at radius 2 is 1.59 bits per heavy atom. The molecular formula is C26H32N2O6. The minimum absolute atomic E-state index is 0.109. The lowest BCUT2D eigenvalue weighted by molar-refractivity contribution is -0.138. The molecule has 182 valence electrons. The number of methoxy groups -OCH3 is 1. The van der Waals surface area contributed by atoms with Crippen molar-refractivity contribution in [2.45, 2.75) is 44.7 Å². The Kier molecular flexibility index (Phi) is 7.94. The van der Waals surface area contributed by atoms with Crippen LogP contribution in [0.4, 0.5) is 4.79 Å². The summed E-state index contributed by atoms with van der Waals surface area (Å²) >= 11 is 0. The van der Waals surface area contributed by atoms with Crippen LogP contribution in [0.25, 0.3) is 11.1 Å². The van der Waals surface area contributed by atoms with Crippen molar-refractivity contribution in [3.8, 4) is 11.1 Å². The maximum absolute atomic E-state index is 13.0. The average Bonchev–Trinajstić information content (AvgIpc) is 3.10. The summed E-state index contributed by atoms with van der Waals surface area (Å²) in [6, 6.07) is 15.4. The maximum atomic E-state index is 13.0. The molecule has 3 rings (SSSR count). The van der Waals surface area contributed by atoms with E-state index in [0.717, 1.165) is 22.3 Å². The van der Waals surface area contributed by atoms with Crippen LogP contribution in [-0.2, 0) is 19.1 Å². The molecule has 2 unspecified atom stereocenters. The normalized spacial score (nSPS) is 15.1. The van der Waals surface area contributed by atoms with E-state index in [9.17, 15) is 14.4 Å². The Labute approximate surface area is 199 Å². The highest BCUT2D eigenvalue weighted by Crippen LogP contribution is 2.44. The number of amides is 2. The van der Waals surface area contributed by atoms with Gasteiger partial charge in [-0.1, -0.05) is 62.4 Å². The number of benzene rings is 2. The van der Waals surface area contributed by atoms with Crippen molar-refractivity contribution < 1.29 is 29.0 Å². The Bertz CT molecular complexity index is 1010. The lowest BCUT2D eigenvalue weighted by atomic mass is 9.97. The molecule has 0 aromatic heterocycles. The molecule has 0 aliphatic heterocycles. The second-order valence-corrected chi connectivity index (χ2v) is 9.14. The van der Waals surface area contributed by atoms with Crippen molar-refractivity contribution in [2.24, 2.45) is 5.92 Å². The van der Waals surface area contributed by atoms with E-state index in [0.29, 0.717) is 0 Å². The van der Waals surface area contributed by atoms with Gasteiger partial charge < -0.3 is 25.2 Å². The number of nitrogens with one attached hydrogen (secondary N) is 2. The van der Waals surface area contributed by atoms with Gasteiger partial charge in [0, 0.05) is 19.1 Å². The zero-order chi connectivity index (χ0) is 24.9. The highest BCUT2D eigenvalue weighted by atomic mass is 16.5. The molecule has 8 nitrogen and oxygen atoms in total. The van der Waals surface area contributed by atoms with Crippen molar-refractivity contribution in [1.82, 2.24) is 10.6 Å². The van der Waals surface area contributed by atoms with Gasteiger partial charge in [0.05, 0.1) is 13.0 Å². The molecule has 2 amide bonds. The van der Waals surface area contributed by atoms with Gasteiger partial charge in [0.2, 0.25) is 5.91 Å². The van der Waals surface area contributed by atoms with Gasteiger partial charge in [-0.15, -0.1) is 0 Å². The fourth-order valence-electron chi connectivity index (χ4n) is 4.28. The summed E-state index contributed by atoms with van der Waals surface area (Å²) in [6.45, 7) is 5.16. The summed E-state index contributed by atoms with van der Waals surface area (Å²) in [4.78, 5) is 36.9. The zero-order valence-corrected chi connectivity index (χ0v) is 20.0. The molecule has 0 bridgehead atoms. The van der Waals surface area contributed by atoms with Crippen LogP contribution in [0.1, 0.15) is 44.2 Å². The first kappa shape index (κ1) is 25.2. The third-order valence-electron chi connectivity index (χ3n) is 6.17. The van der Waals surface area contributed by atoms with E-state index >= 15 is 0 Å².